The number of anilines is 2. The molecule has 1 aliphatic heterocycles. The Balaban J connectivity index is 1.45. The normalized spacial score (nSPS) is 13.8. The van der Waals surface area contributed by atoms with E-state index < -0.39 is 0 Å². The minimum absolute atomic E-state index is 0.0499. The summed E-state index contributed by atoms with van der Waals surface area (Å²) in [5.41, 5.74) is 1.88. The summed E-state index contributed by atoms with van der Waals surface area (Å²) in [5.74, 6) is 0.625. The smallest absolute Gasteiger partial charge is 0.227 e. The molecule has 0 atom stereocenters. The van der Waals surface area contributed by atoms with Gasteiger partial charge in [0.1, 0.15) is 0 Å². The summed E-state index contributed by atoms with van der Waals surface area (Å²) < 4.78 is 0. The highest BCUT2D eigenvalue weighted by Crippen LogP contribution is 2.22. The number of aromatic nitrogens is 2. The molecule has 0 spiro atoms. The number of amides is 2. The number of hydrogen-bond acceptors (Lipinski definition) is 5. The second-order valence-electron chi connectivity index (χ2n) is 5.84. The van der Waals surface area contributed by atoms with Gasteiger partial charge in [-0.1, -0.05) is 12.1 Å². The van der Waals surface area contributed by atoms with Gasteiger partial charge < -0.3 is 15.5 Å². The van der Waals surface area contributed by atoms with Crippen molar-refractivity contribution in [3.63, 3.8) is 0 Å². The quantitative estimate of drug-likeness (QED) is 0.802. The van der Waals surface area contributed by atoms with Gasteiger partial charge in [-0.25, -0.2) is 9.97 Å². The van der Waals surface area contributed by atoms with Crippen molar-refractivity contribution in [1.82, 2.24) is 15.3 Å². The van der Waals surface area contributed by atoms with Crippen LogP contribution in [-0.2, 0) is 16.1 Å². The Morgan fingerprint density at radius 2 is 2.04 bits per heavy atom. The Hall–Kier alpha value is -2.96. The summed E-state index contributed by atoms with van der Waals surface area (Å²) in [6, 6.07) is 9.48. The maximum atomic E-state index is 11.9. The monoisotopic (exact) mass is 339 g/mol. The van der Waals surface area contributed by atoms with E-state index in [1.165, 1.54) is 0 Å². The maximum absolute atomic E-state index is 11.9. The first-order valence-electron chi connectivity index (χ1n) is 8.39. The van der Waals surface area contributed by atoms with Crippen LogP contribution in [-0.4, -0.2) is 34.9 Å². The molecule has 0 unspecified atom stereocenters. The molecule has 130 valence electrons. The Labute approximate surface area is 146 Å². The molecule has 7 nitrogen and oxygen atoms in total. The summed E-state index contributed by atoms with van der Waals surface area (Å²) in [7, 11) is 0. The first kappa shape index (κ1) is 16.9. The predicted octanol–water partition coefficient (Wildman–Crippen LogP) is 1.72. The Morgan fingerprint density at radius 3 is 2.80 bits per heavy atom. The highest BCUT2D eigenvalue weighted by molar-refractivity contribution is 5.95. The van der Waals surface area contributed by atoms with Crippen LogP contribution in [0.25, 0.3) is 0 Å². The standard InChI is InChI=1S/C18H21N5O2/c24-16(7-10-21-18-19-8-3-9-20-18)22-13-14-4-1-5-15(12-14)23-11-2-6-17(23)25/h1,3-5,8-9,12H,2,6-7,10-11,13H2,(H,22,24)(H,19,20,21). The lowest BCUT2D eigenvalue weighted by atomic mass is 10.2. The molecule has 2 amide bonds. The average molecular weight is 339 g/mol. The number of nitrogens with zero attached hydrogens (tertiary/aromatic N) is 3. The second kappa shape index (κ2) is 8.23. The first-order valence-corrected chi connectivity index (χ1v) is 8.39. The van der Waals surface area contributed by atoms with Gasteiger partial charge in [-0.15, -0.1) is 0 Å². The van der Waals surface area contributed by atoms with Gasteiger partial charge in [0.05, 0.1) is 0 Å². The van der Waals surface area contributed by atoms with E-state index in [4.69, 9.17) is 0 Å². The van der Waals surface area contributed by atoms with Gasteiger partial charge in [0.2, 0.25) is 17.8 Å². The lowest BCUT2D eigenvalue weighted by Crippen LogP contribution is -2.26. The zero-order valence-corrected chi connectivity index (χ0v) is 13.9. The third-order valence-corrected chi connectivity index (χ3v) is 3.99. The average Bonchev–Trinajstić information content (AvgIpc) is 3.07. The molecule has 0 aliphatic carbocycles. The summed E-state index contributed by atoms with van der Waals surface area (Å²) in [4.78, 5) is 33.6. The van der Waals surface area contributed by atoms with Crippen molar-refractivity contribution < 1.29 is 9.59 Å². The van der Waals surface area contributed by atoms with Crippen LogP contribution in [0.5, 0.6) is 0 Å². The van der Waals surface area contributed by atoms with Gasteiger partial charge in [-0.05, 0) is 30.2 Å². The van der Waals surface area contributed by atoms with Crippen molar-refractivity contribution in [3.8, 4) is 0 Å². The van der Waals surface area contributed by atoms with Crippen molar-refractivity contribution in [2.45, 2.75) is 25.8 Å². The van der Waals surface area contributed by atoms with Crippen LogP contribution in [0.15, 0.2) is 42.7 Å². The van der Waals surface area contributed by atoms with E-state index in [1.807, 2.05) is 24.3 Å². The highest BCUT2D eigenvalue weighted by atomic mass is 16.2. The molecule has 0 bridgehead atoms. The van der Waals surface area contributed by atoms with Crippen LogP contribution in [0, 0.1) is 0 Å². The summed E-state index contributed by atoms with van der Waals surface area (Å²) in [6.07, 6.45) is 5.14. The van der Waals surface area contributed by atoms with Crippen molar-refractivity contribution in [3.05, 3.63) is 48.3 Å². The number of carbonyl (C=O) groups excluding carboxylic acids is 2. The van der Waals surface area contributed by atoms with Crippen LogP contribution < -0.4 is 15.5 Å². The van der Waals surface area contributed by atoms with E-state index >= 15 is 0 Å². The molecule has 0 saturated carbocycles. The molecule has 0 radical (unpaired) electrons. The molecular weight excluding hydrogens is 318 g/mol. The summed E-state index contributed by atoms with van der Waals surface area (Å²) in [5, 5.41) is 5.89. The van der Waals surface area contributed by atoms with Crippen LogP contribution in [0.2, 0.25) is 0 Å². The SMILES string of the molecule is O=C(CCNc1ncccn1)NCc1cccc(N2CCCC2=O)c1. The van der Waals surface area contributed by atoms with E-state index in [1.54, 1.807) is 23.4 Å². The summed E-state index contributed by atoms with van der Waals surface area (Å²) >= 11 is 0. The molecule has 1 saturated heterocycles. The zero-order chi connectivity index (χ0) is 17.5. The van der Waals surface area contributed by atoms with Gasteiger partial charge in [0, 0.05) is 50.6 Å². The fraction of sp³-hybridized carbons (Fsp3) is 0.333. The van der Waals surface area contributed by atoms with Gasteiger partial charge in [-0.3, -0.25) is 9.59 Å². The molecule has 1 aliphatic rings. The van der Waals surface area contributed by atoms with Crippen LogP contribution in [0.3, 0.4) is 0 Å². The molecule has 25 heavy (non-hydrogen) atoms. The molecule has 3 rings (SSSR count). The van der Waals surface area contributed by atoms with Crippen molar-refractivity contribution in [2.75, 3.05) is 23.3 Å². The second-order valence-corrected chi connectivity index (χ2v) is 5.84. The Morgan fingerprint density at radius 1 is 1.20 bits per heavy atom. The fourth-order valence-electron chi connectivity index (χ4n) is 2.72. The van der Waals surface area contributed by atoms with Gasteiger partial charge in [0.15, 0.2) is 0 Å². The number of hydrogen-bond donors (Lipinski definition) is 2. The topological polar surface area (TPSA) is 87.2 Å². The van der Waals surface area contributed by atoms with Gasteiger partial charge >= 0.3 is 0 Å². The molecule has 2 aromatic rings. The number of rotatable bonds is 7. The maximum Gasteiger partial charge on any atom is 0.227 e. The first-order chi connectivity index (χ1) is 12.2. The van der Waals surface area contributed by atoms with Crippen molar-refractivity contribution in [1.29, 1.82) is 0 Å². The molecule has 1 aromatic heterocycles. The lowest BCUT2D eigenvalue weighted by molar-refractivity contribution is -0.121. The van der Waals surface area contributed by atoms with Gasteiger partial charge in [0.25, 0.3) is 0 Å². The third kappa shape index (κ3) is 4.76. The zero-order valence-electron chi connectivity index (χ0n) is 13.9. The number of carbonyl (C=O) groups is 2. The van der Waals surface area contributed by atoms with Crippen LogP contribution in [0.1, 0.15) is 24.8 Å². The largest absolute Gasteiger partial charge is 0.354 e. The minimum Gasteiger partial charge on any atom is -0.354 e. The number of nitrogens with one attached hydrogen (secondary N) is 2. The van der Waals surface area contributed by atoms with E-state index in [9.17, 15) is 9.59 Å². The fourth-order valence-corrected chi connectivity index (χ4v) is 2.72. The van der Waals surface area contributed by atoms with Crippen molar-refractivity contribution >= 4 is 23.5 Å². The highest BCUT2D eigenvalue weighted by Gasteiger charge is 2.21. The van der Waals surface area contributed by atoms with Crippen LogP contribution >= 0.6 is 0 Å². The summed E-state index contributed by atoms with van der Waals surface area (Å²) in [6.45, 7) is 1.68. The van der Waals surface area contributed by atoms with Crippen molar-refractivity contribution in [2.24, 2.45) is 0 Å². The molecule has 2 heterocycles. The molecule has 2 N–H and O–H groups in total. The number of benzene rings is 1. The van der Waals surface area contributed by atoms with E-state index in [0.717, 1.165) is 24.2 Å². The van der Waals surface area contributed by atoms with Crippen LogP contribution in [0.4, 0.5) is 11.6 Å². The molecule has 1 aromatic carbocycles. The van der Waals surface area contributed by atoms with E-state index in [0.29, 0.717) is 31.9 Å². The Kier molecular flexibility index (Phi) is 5.56. The predicted molar refractivity (Wildman–Crippen MR) is 95.0 cm³/mol. The molecular formula is C18H21N5O2. The van der Waals surface area contributed by atoms with E-state index in [2.05, 4.69) is 20.6 Å². The Bertz CT molecular complexity index is 735. The lowest BCUT2D eigenvalue weighted by Gasteiger charge is -2.16. The minimum atomic E-state index is -0.0499. The third-order valence-electron chi connectivity index (χ3n) is 3.99. The van der Waals surface area contributed by atoms with E-state index in [-0.39, 0.29) is 11.8 Å². The van der Waals surface area contributed by atoms with Gasteiger partial charge in [-0.2, -0.15) is 0 Å². The molecule has 1 fully saturated rings. The molecule has 7 heteroatoms.